The highest BCUT2D eigenvalue weighted by Crippen LogP contribution is 2.43. The largest absolute Gasteiger partial charge is 0.412 e. The first-order valence-electron chi connectivity index (χ1n) is 11.7. The lowest BCUT2D eigenvalue weighted by Gasteiger charge is -2.39. The van der Waals surface area contributed by atoms with Crippen molar-refractivity contribution in [2.24, 2.45) is 0 Å². The molecule has 0 bridgehead atoms. The van der Waals surface area contributed by atoms with E-state index in [4.69, 9.17) is 9.66 Å². The Labute approximate surface area is 224 Å². The standard InChI is InChI=1S/C23H31N3O3S2.CH4O3S.H2O/c1-24(2)31(28,29)19-8-9-23-20(17-19)21(16-18-6-3-4-7-22(18)30-23)26-13-11-25(12-14-26)10-5-15-27;1-5(2,3)4;/h3-4,6-9,17,21,27H,5,10-16H2,1-2H3;1H3,(H,2,3,4);1H2. The summed E-state index contributed by atoms with van der Waals surface area (Å²) in [5, 5.41) is 9.12. The molecule has 0 radical (unpaired) electrons. The van der Waals surface area contributed by atoms with E-state index in [-0.39, 0.29) is 18.1 Å². The fraction of sp³-hybridized carbons (Fsp3) is 0.500. The molecule has 1 atom stereocenters. The molecule has 1 fully saturated rings. The first-order chi connectivity index (χ1) is 16.9. The van der Waals surface area contributed by atoms with Crippen LogP contribution in [0.2, 0.25) is 0 Å². The molecule has 208 valence electrons. The predicted octanol–water partition coefficient (Wildman–Crippen LogP) is 1.36. The predicted molar refractivity (Wildman–Crippen MR) is 145 cm³/mol. The van der Waals surface area contributed by atoms with Crippen molar-refractivity contribution < 1.29 is 32.0 Å². The third-order valence-electron chi connectivity index (χ3n) is 6.20. The minimum absolute atomic E-state index is 0. The molecule has 10 nitrogen and oxygen atoms in total. The molecule has 2 aromatic carbocycles. The summed E-state index contributed by atoms with van der Waals surface area (Å²) in [6.07, 6.45) is 2.40. The second-order valence-electron chi connectivity index (χ2n) is 9.10. The molecule has 37 heavy (non-hydrogen) atoms. The summed E-state index contributed by atoms with van der Waals surface area (Å²) in [7, 11) is -4.00. The highest BCUT2D eigenvalue weighted by Gasteiger charge is 2.31. The Kier molecular flexibility index (Phi) is 11.5. The topological polar surface area (TPSA) is 150 Å². The molecule has 2 aromatic rings. The maximum Gasteiger partial charge on any atom is 0.261 e. The molecule has 0 amide bonds. The average Bonchev–Trinajstić information content (AvgIpc) is 2.98. The minimum Gasteiger partial charge on any atom is -0.412 e. The van der Waals surface area contributed by atoms with Crippen molar-refractivity contribution in [3.63, 3.8) is 0 Å². The summed E-state index contributed by atoms with van der Waals surface area (Å²) in [5.41, 5.74) is 2.42. The number of hydrogen-bond donors (Lipinski definition) is 2. The van der Waals surface area contributed by atoms with Gasteiger partial charge in [-0.15, -0.1) is 0 Å². The van der Waals surface area contributed by atoms with Crippen molar-refractivity contribution in [3.8, 4) is 0 Å². The van der Waals surface area contributed by atoms with Gasteiger partial charge in [-0.25, -0.2) is 12.7 Å². The quantitative estimate of drug-likeness (QED) is 0.487. The summed E-state index contributed by atoms with van der Waals surface area (Å²) in [5.74, 6) is 0. The van der Waals surface area contributed by atoms with Crippen LogP contribution in [0.3, 0.4) is 0 Å². The molecule has 2 aliphatic rings. The minimum atomic E-state index is -3.67. The van der Waals surface area contributed by atoms with Crippen LogP contribution < -0.4 is 0 Å². The SMILES string of the molecule is CN(C)S(=O)(=O)c1ccc2c(c1)C(N1CCN(CCCO)CC1)Cc1ccccc1S2.CS(=O)(=O)O.O. The van der Waals surface area contributed by atoms with Crippen LogP contribution >= 0.6 is 11.8 Å². The highest BCUT2D eigenvalue weighted by atomic mass is 32.2. The maximum absolute atomic E-state index is 12.8. The van der Waals surface area contributed by atoms with Crippen LogP contribution in [-0.2, 0) is 26.6 Å². The zero-order valence-electron chi connectivity index (χ0n) is 21.4. The lowest BCUT2D eigenvalue weighted by Crippen LogP contribution is -2.48. The van der Waals surface area contributed by atoms with Crippen LogP contribution in [0.5, 0.6) is 0 Å². The smallest absolute Gasteiger partial charge is 0.261 e. The molecule has 0 spiro atoms. The van der Waals surface area contributed by atoms with E-state index in [1.807, 2.05) is 12.1 Å². The van der Waals surface area contributed by atoms with E-state index in [1.165, 1.54) is 14.8 Å². The van der Waals surface area contributed by atoms with Crippen molar-refractivity contribution in [3.05, 3.63) is 53.6 Å². The molecule has 4 rings (SSSR count). The molecule has 4 N–H and O–H groups in total. The molecule has 2 heterocycles. The summed E-state index contributed by atoms with van der Waals surface area (Å²) in [6.45, 7) is 4.97. The zero-order chi connectivity index (χ0) is 26.5. The molecule has 13 heteroatoms. The Hall–Kier alpha value is -1.55. The van der Waals surface area contributed by atoms with E-state index in [2.05, 4.69) is 34.1 Å². The van der Waals surface area contributed by atoms with Gasteiger partial charge in [0.1, 0.15) is 0 Å². The number of benzene rings is 2. The van der Waals surface area contributed by atoms with Gasteiger partial charge in [0.15, 0.2) is 0 Å². The van der Waals surface area contributed by atoms with E-state index < -0.39 is 20.1 Å². The number of aliphatic hydroxyl groups excluding tert-OH is 1. The van der Waals surface area contributed by atoms with Crippen molar-refractivity contribution in [2.45, 2.75) is 33.6 Å². The number of aliphatic hydroxyl groups is 1. The fourth-order valence-electron chi connectivity index (χ4n) is 4.38. The van der Waals surface area contributed by atoms with Gasteiger partial charge in [0.2, 0.25) is 10.0 Å². The second-order valence-corrected chi connectivity index (χ2v) is 13.8. The molecule has 0 aliphatic carbocycles. The molecule has 0 aromatic heterocycles. The summed E-state index contributed by atoms with van der Waals surface area (Å²) in [6, 6.07) is 14.2. The van der Waals surface area contributed by atoms with Gasteiger partial charge in [-0.3, -0.25) is 9.45 Å². The molecule has 2 aliphatic heterocycles. The number of piperazine rings is 1. The normalized spacial score (nSPS) is 18.6. The van der Waals surface area contributed by atoms with E-state index >= 15 is 0 Å². The van der Waals surface area contributed by atoms with Crippen LogP contribution in [0, 0.1) is 0 Å². The van der Waals surface area contributed by atoms with E-state index in [0.29, 0.717) is 11.2 Å². The van der Waals surface area contributed by atoms with Gasteiger partial charge < -0.3 is 15.5 Å². The first kappa shape index (κ1) is 31.7. The first-order valence-corrected chi connectivity index (χ1v) is 15.8. The molecular formula is C24H37N3O7S3. The van der Waals surface area contributed by atoms with Crippen molar-refractivity contribution in [1.82, 2.24) is 14.1 Å². The van der Waals surface area contributed by atoms with E-state index in [0.717, 1.165) is 56.0 Å². The molecule has 0 saturated carbocycles. The van der Waals surface area contributed by atoms with Gasteiger partial charge in [0.25, 0.3) is 10.1 Å². The van der Waals surface area contributed by atoms with Gasteiger partial charge in [-0.05, 0) is 48.2 Å². The van der Waals surface area contributed by atoms with E-state index in [9.17, 15) is 16.8 Å². The van der Waals surface area contributed by atoms with Crippen LogP contribution in [-0.4, -0.2) is 106 Å². The Morgan fingerprint density at radius 2 is 1.62 bits per heavy atom. The van der Waals surface area contributed by atoms with Crippen LogP contribution in [0.15, 0.2) is 57.2 Å². The highest BCUT2D eigenvalue weighted by molar-refractivity contribution is 7.99. The third kappa shape index (κ3) is 8.73. The van der Waals surface area contributed by atoms with Gasteiger partial charge in [0, 0.05) is 69.3 Å². The van der Waals surface area contributed by atoms with Crippen molar-refractivity contribution in [2.75, 3.05) is 59.7 Å². The molecule has 1 unspecified atom stereocenters. The van der Waals surface area contributed by atoms with Gasteiger partial charge in [-0.1, -0.05) is 30.0 Å². The number of fused-ring (bicyclic) bond motifs is 2. The summed E-state index contributed by atoms with van der Waals surface area (Å²) in [4.78, 5) is 7.64. The maximum atomic E-state index is 12.8. The lowest BCUT2D eigenvalue weighted by atomic mass is 9.96. The number of hydrogen-bond acceptors (Lipinski definition) is 8. The van der Waals surface area contributed by atoms with Crippen LogP contribution in [0.25, 0.3) is 0 Å². The third-order valence-corrected chi connectivity index (χ3v) is 9.23. The van der Waals surface area contributed by atoms with Gasteiger partial charge in [-0.2, -0.15) is 8.42 Å². The van der Waals surface area contributed by atoms with Crippen molar-refractivity contribution in [1.29, 1.82) is 0 Å². The monoisotopic (exact) mass is 575 g/mol. The van der Waals surface area contributed by atoms with Gasteiger partial charge >= 0.3 is 0 Å². The van der Waals surface area contributed by atoms with Crippen molar-refractivity contribution >= 4 is 31.9 Å². The number of rotatable bonds is 6. The Morgan fingerprint density at radius 1 is 1.00 bits per heavy atom. The zero-order valence-corrected chi connectivity index (χ0v) is 23.8. The average molecular weight is 576 g/mol. The summed E-state index contributed by atoms with van der Waals surface area (Å²) < 4.78 is 52.8. The Bertz CT molecular complexity index is 1240. The Balaban J connectivity index is 0.000000734. The Morgan fingerprint density at radius 3 is 2.22 bits per heavy atom. The van der Waals surface area contributed by atoms with Gasteiger partial charge in [0.05, 0.1) is 11.2 Å². The second kappa shape index (κ2) is 13.5. The molecular weight excluding hydrogens is 538 g/mol. The fourth-order valence-corrected chi connectivity index (χ4v) is 6.43. The van der Waals surface area contributed by atoms with E-state index in [1.54, 1.807) is 31.9 Å². The number of sulfonamides is 1. The number of nitrogens with zero attached hydrogens (tertiary/aromatic N) is 3. The summed E-state index contributed by atoms with van der Waals surface area (Å²) >= 11 is 1.74. The molecule has 1 saturated heterocycles. The van der Waals surface area contributed by atoms with Crippen LogP contribution in [0.1, 0.15) is 23.6 Å². The lowest BCUT2D eigenvalue weighted by molar-refractivity contribution is 0.0898. The van der Waals surface area contributed by atoms with Crippen LogP contribution in [0.4, 0.5) is 0 Å².